The first kappa shape index (κ1) is 11.2. The van der Waals surface area contributed by atoms with E-state index in [-0.39, 0.29) is 17.1 Å². The van der Waals surface area contributed by atoms with Gasteiger partial charge < -0.3 is 16.2 Å². The van der Waals surface area contributed by atoms with Crippen molar-refractivity contribution in [3.8, 4) is 5.75 Å². The molecule has 0 spiro atoms. The summed E-state index contributed by atoms with van der Waals surface area (Å²) in [5, 5.41) is 0. The van der Waals surface area contributed by atoms with Gasteiger partial charge in [-0.15, -0.1) is 0 Å². The number of pyridine rings is 1. The molecular formula is C8H9F2N3O2. The van der Waals surface area contributed by atoms with Crippen LogP contribution in [0.5, 0.6) is 5.75 Å². The summed E-state index contributed by atoms with van der Waals surface area (Å²) in [6.45, 7) is 0. The van der Waals surface area contributed by atoms with Crippen molar-refractivity contribution in [2.75, 3.05) is 12.8 Å². The van der Waals surface area contributed by atoms with Gasteiger partial charge in [0, 0.05) is 0 Å². The van der Waals surface area contributed by atoms with E-state index in [9.17, 15) is 13.6 Å². The monoisotopic (exact) mass is 217 g/mol. The SMILES string of the molecule is COc1c(N)cc(C(N)=O)nc1C(F)F. The summed E-state index contributed by atoms with van der Waals surface area (Å²) in [5.74, 6) is -1.17. The lowest BCUT2D eigenvalue weighted by Crippen LogP contribution is -2.15. The number of nitrogens with zero attached hydrogens (tertiary/aromatic N) is 1. The molecule has 0 bridgehead atoms. The van der Waals surface area contributed by atoms with E-state index in [2.05, 4.69) is 9.72 Å². The molecule has 5 nitrogen and oxygen atoms in total. The largest absolute Gasteiger partial charge is 0.492 e. The molecule has 0 aliphatic rings. The van der Waals surface area contributed by atoms with Gasteiger partial charge >= 0.3 is 0 Å². The Bertz CT molecular complexity index is 396. The number of hydrogen-bond donors (Lipinski definition) is 2. The van der Waals surface area contributed by atoms with Crippen LogP contribution in [0.25, 0.3) is 0 Å². The molecule has 1 heterocycles. The highest BCUT2D eigenvalue weighted by atomic mass is 19.3. The smallest absolute Gasteiger partial charge is 0.284 e. The number of nitrogen functional groups attached to an aromatic ring is 1. The minimum absolute atomic E-state index is 0.100. The molecule has 15 heavy (non-hydrogen) atoms. The van der Waals surface area contributed by atoms with Crippen LogP contribution in [0, 0.1) is 0 Å². The van der Waals surface area contributed by atoms with Gasteiger partial charge in [-0.1, -0.05) is 0 Å². The van der Waals surface area contributed by atoms with Gasteiger partial charge in [-0.25, -0.2) is 13.8 Å². The minimum atomic E-state index is -2.89. The molecule has 0 fully saturated rings. The Kier molecular flexibility index (Phi) is 3.03. The van der Waals surface area contributed by atoms with Crippen LogP contribution in [0.4, 0.5) is 14.5 Å². The first-order valence-electron chi connectivity index (χ1n) is 3.89. The van der Waals surface area contributed by atoms with E-state index in [1.807, 2.05) is 0 Å². The molecule has 0 aromatic carbocycles. The Balaban J connectivity index is 3.38. The highest BCUT2D eigenvalue weighted by Gasteiger charge is 2.21. The van der Waals surface area contributed by atoms with Gasteiger partial charge in [0.15, 0.2) is 11.4 Å². The first-order chi connectivity index (χ1) is 6.97. The maximum atomic E-state index is 12.5. The van der Waals surface area contributed by atoms with E-state index < -0.39 is 18.0 Å². The second-order valence-corrected chi connectivity index (χ2v) is 2.68. The molecule has 0 atom stereocenters. The van der Waals surface area contributed by atoms with Gasteiger partial charge in [-0.05, 0) is 6.07 Å². The molecule has 0 unspecified atom stereocenters. The van der Waals surface area contributed by atoms with Gasteiger partial charge in [-0.3, -0.25) is 4.79 Å². The van der Waals surface area contributed by atoms with E-state index in [1.54, 1.807) is 0 Å². The number of halogens is 2. The Morgan fingerprint density at radius 2 is 2.20 bits per heavy atom. The zero-order valence-corrected chi connectivity index (χ0v) is 7.83. The summed E-state index contributed by atoms with van der Waals surface area (Å²) in [7, 11) is 1.18. The van der Waals surface area contributed by atoms with Crippen LogP contribution in [-0.4, -0.2) is 18.0 Å². The molecule has 1 aromatic heterocycles. The second-order valence-electron chi connectivity index (χ2n) is 2.68. The van der Waals surface area contributed by atoms with E-state index in [1.165, 1.54) is 7.11 Å². The predicted octanol–water partition coefficient (Wildman–Crippen LogP) is 0.709. The molecular weight excluding hydrogens is 208 g/mol. The number of carbonyl (C=O) groups excluding carboxylic acids is 1. The lowest BCUT2D eigenvalue weighted by molar-refractivity contribution is 0.0993. The van der Waals surface area contributed by atoms with Gasteiger partial charge in [-0.2, -0.15) is 0 Å². The van der Waals surface area contributed by atoms with Gasteiger partial charge in [0.2, 0.25) is 0 Å². The van der Waals surface area contributed by atoms with Gasteiger partial charge in [0.25, 0.3) is 12.3 Å². The molecule has 0 radical (unpaired) electrons. The number of ether oxygens (including phenoxy) is 1. The lowest BCUT2D eigenvalue weighted by Gasteiger charge is -2.10. The average molecular weight is 217 g/mol. The van der Waals surface area contributed by atoms with Crippen molar-refractivity contribution < 1.29 is 18.3 Å². The zero-order chi connectivity index (χ0) is 11.6. The van der Waals surface area contributed by atoms with Gasteiger partial charge in [0.1, 0.15) is 5.69 Å². The molecule has 1 amide bonds. The normalized spacial score (nSPS) is 10.4. The van der Waals surface area contributed by atoms with Crippen molar-refractivity contribution in [3.63, 3.8) is 0 Å². The summed E-state index contributed by atoms with van der Waals surface area (Å²) in [6.07, 6.45) is -2.89. The highest BCUT2D eigenvalue weighted by Crippen LogP contribution is 2.32. The summed E-state index contributed by atoms with van der Waals surface area (Å²) in [5.41, 5.74) is 9.20. The summed E-state index contributed by atoms with van der Waals surface area (Å²) in [4.78, 5) is 14.1. The number of amides is 1. The second kappa shape index (κ2) is 4.07. The van der Waals surface area contributed by atoms with Crippen LogP contribution in [-0.2, 0) is 0 Å². The van der Waals surface area contributed by atoms with Crippen LogP contribution in [0.2, 0.25) is 0 Å². The summed E-state index contributed by atoms with van der Waals surface area (Å²) >= 11 is 0. The third-order valence-corrected chi connectivity index (χ3v) is 1.69. The molecule has 0 saturated carbocycles. The van der Waals surface area contributed by atoms with Crippen LogP contribution in [0.15, 0.2) is 6.07 Å². The highest BCUT2D eigenvalue weighted by molar-refractivity contribution is 5.92. The maximum Gasteiger partial charge on any atom is 0.284 e. The number of alkyl halides is 2. The number of carbonyl (C=O) groups is 1. The minimum Gasteiger partial charge on any atom is -0.492 e. The molecule has 0 aliphatic carbocycles. The maximum absolute atomic E-state index is 12.5. The van der Waals surface area contributed by atoms with Gasteiger partial charge in [0.05, 0.1) is 12.8 Å². The Morgan fingerprint density at radius 3 is 2.60 bits per heavy atom. The van der Waals surface area contributed by atoms with Crippen molar-refractivity contribution in [2.24, 2.45) is 5.73 Å². The van der Waals surface area contributed by atoms with Crippen molar-refractivity contribution in [3.05, 3.63) is 17.5 Å². The van der Waals surface area contributed by atoms with Crippen LogP contribution in [0.1, 0.15) is 22.6 Å². The van der Waals surface area contributed by atoms with Crippen LogP contribution < -0.4 is 16.2 Å². The zero-order valence-electron chi connectivity index (χ0n) is 7.83. The first-order valence-corrected chi connectivity index (χ1v) is 3.89. The fourth-order valence-corrected chi connectivity index (χ4v) is 1.07. The standard InChI is InChI=1S/C8H9F2N3O2/c1-15-6-3(11)2-4(8(12)14)13-5(6)7(9)10/h2,7H,1H3,(H2,11,13)(H2,12,14). The number of methoxy groups -OCH3 is 1. The third kappa shape index (κ3) is 2.12. The molecule has 7 heteroatoms. The van der Waals surface area contributed by atoms with E-state index in [0.29, 0.717) is 0 Å². The Labute approximate surface area is 84.0 Å². The number of nitrogens with two attached hydrogens (primary N) is 2. The van der Waals surface area contributed by atoms with E-state index in [0.717, 1.165) is 6.07 Å². The van der Waals surface area contributed by atoms with Crippen LogP contribution >= 0.6 is 0 Å². The quantitative estimate of drug-likeness (QED) is 0.779. The Hall–Kier alpha value is -1.92. The predicted molar refractivity (Wildman–Crippen MR) is 48.7 cm³/mol. The summed E-state index contributed by atoms with van der Waals surface area (Å²) < 4.78 is 29.6. The Morgan fingerprint density at radius 1 is 1.60 bits per heavy atom. The molecule has 1 rings (SSSR count). The number of aromatic nitrogens is 1. The third-order valence-electron chi connectivity index (χ3n) is 1.69. The summed E-state index contributed by atoms with van der Waals surface area (Å²) in [6, 6.07) is 1.09. The molecule has 0 aliphatic heterocycles. The molecule has 82 valence electrons. The van der Waals surface area contributed by atoms with E-state index in [4.69, 9.17) is 11.5 Å². The molecule has 4 N–H and O–H groups in total. The number of anilines is 1. The fraction of sp³-hybridized carbons (Fsp3) is 0.250. The molecule has 1 aromatic rings. The molecule has 0 saturated heterocycles. The van der Waals surface area contributed by atoms with E-state index >= 15 is 0 Å². The van der Waals surface area contributed by atoms with Crippen molar-refractivity contribution in [1.29, 1.82) is 0 Å². The lowest BCUT2D eigenvalue weighted by atomic mass is 10.2. The number of primary amides is 1. The number of hydrogen-bond acceptors (Lipinski definition) is 4. The van der Waals surface area contributed by atoms with Crippen molar-refractivity contribution >= 4 is 11.6 Å². The average Bonchev–Trinajstić information content (AvgIpc) is 2.16. The number of rotatable bonds is 3. The topological polar surface area (TPSA) is 91.2 Å². The van der Waals surface area contributed by atoms with Crippen molar-refractivity contribution in [1.82, 2.24) is 4.98 Å². The van der Waals surface area contributed by atoms with Crippen LogP contribution in [0.3, 0.4) is 0 Å². The fourth-order valence-electron chi connectivity index (χ4n) is 1.07. The van der Waals surface area contributed by atoms with Crippen molar-refractivity contribution in [2.45, 2.75) is 6.43 Å².